The maximum Gasteiger partial charge on any atom is 0.0354 e. The molecule has 0 radical (unpaired) electrons. The van der Waals surface area contributed by atoms with Gasteiger partial charge in [0.15, 0.2) is 0 Å². The molecule has 11 heavy (non-hydrogen) atoms. The Hall–Kier alpha value is -0.540. The Kier molecular flexibility index (Phi) is 1.84. The molecular formula is C8H15N3. The molecule has 0 aromatic carbocycles. The SMILES string of the molecule is CC1CCCN2NNCC=C12. The summed E-state index contributed by atoms with van der Waals surface area (Å²) in [7, 11) is 0. The summed E-state index contributed by atoms with van der Waals surface area (Å²) in [5.74, 6) is 0.735. The maximum atomic E-state index is 3.17. The zero-order valence-corrected chi connectivity index (χ0v) is 6.93. The summed E-state index contributed by atoms with van der Waals surface area (Å²) in [5, 5.41) is 2.22. The lowest BCUT2D eigenvalue weighted by molar-refractivity contribution is 0.139. The molecule has 2 heterocycles. The molecule has 0 bridgehead atoms. The standard InChI is InChI=1S/C8H15N3/c1-7-3-2-6-11-8(7)4-5-9-10-11/h4,7,9-10H,2-3,5-6H2,1H3. The van der Waals surface area contributed by atoms with Crippen molar-refractivity contribution in [2.45, 2.75) is 19.8 Å². The van der Waals surface area contributed by atoms with Crippen molar-refractivity contribution in [3.63, 3.8) is 0 Å². The highest BCUT2D eigenvalue weighted by molar-refractivity contribution is 5.08. The van der Waals surface area contributed by atoms with E-state index in [9.17, 15) is 0 Å². The molecule has 1 saturated heterocycles. The topological polar surface area (TPSA) is 27.3 Å². The third-order valence-corrected chi connectivity index (χ3v) is 2.46. The van der Waals surface area contributed by atoms with Crippen LogP contribution < -0.4 is 11.0 Å². The van der Waals surface area contributed by atoms with Crippen molar-refractivity contribution in [2.24, 2.45) is 5.92 Å². The van der Waals surface area contributed by atoms with Crippen LogP contribution in [0.4, 0.5) is 0 Å². The van der Waals surface area contributed by atoms with Crippen LogP contribution >= 0.6 is 0 Å². The summed E-state index contributed by atoms with van der Waals surface area (Å²) in [6.45, 7) is 4.39. The van der Waals surface area contributed by atoms with Crippen LogP contribution in [0.15, 0.2) is 11.8 Å². The highest BCUT2D eigenvalue weighted by Gasteiger charge is 2.22. The lowest BCUT2D eigenvalue weighted by atomic mass is 9.96. The average molecular weight is 153 g/mol. The van der Waals surface area contributed by atoms with Crippen molar-refractivity contribution in [3.05, 3.63) is 11.8 Å². The number of nitrogens with one attached hydrogen (secondary N) is 2. The number of nitrogens with zero attached hydrogens (tertiary/aromatic N) is 1. The Balaban J connectivity index is 2.14. The lowest BCUT2D eigenvalue weighted by Crippen LogP contribution is -2.52. The van der Waals surface area contributed by atoms with Crippen molar-refractivity contribution < 1.29 is 0 Å². The van der Waals surface area contributed by atoms with E-state index in [1.165, 1.54) is 18.5 Å². The van der Waals surface area contributed by atoms with Gasteiger partial charge in [0.1, 0.15) is 0 Å². The van der Waals surface area contributed by atoms with Gasteiger partial charge < -0.3 is 0 Å². The van der Waals surface area contributed by atoms with Gasteiger partial charge in [-0.1, -0.05) is 6.92 Å². The Morgan fingerprint density at radius 1 is 1.64 bits per heavy atom. The minimum Gasteiger partial charge on any atom is -0.299 e. The van der Waals surface area contributed by atoms with Crippen molar-refractivity contribution in [1.82, 2.24) is 16.0 Å². The monoisotopic (exact) mass is 153 g/mol. The predicted molar refractivity (Wildman–Crippen MR) is 44.3 cm³/mol. The molecule has 0 spiro atoms. The smallest absolute Gasteiger partial charge is 0.0354 e. The molecule has 62 valence electrons. The van der Waals surface area contributed by atoms with Crippen molar-refractivity contribution in [1.29, 1.82) is 0 Å². The van der Waals surface area contributed by atoms with Gasteiger partial charge in [0.2, 0.25) is 0 Å². The van der Waals surface area contributed by atoms with Gasteiger partial charge in [0, 0.05) is 18.8 Å². The molecule has 0 aromatic heterocycles. The van der Waals surface area contributed by atoms with Gasteiger partial charge in [-0.15, -0.1) is 0 Å². The number of allylic oxidation sites excluding steroid dienone is 1. The van der Waals surface area contributed by atoms with E-state index in [0.29, 0.717) is 0 Å². The summed E-state index contributed by atoms with van der Waals surface area (Å²) in [6.07, 6.45) is 4.91. The van der Waals surface area contributed by atoms with Gasteiger partial charge in [0.25, 0.3) is 0 Å². The zero-order valence-electron chi connectivity index (χ0n) is 6.93. The quantitative estimate of drug-likeness (QED) is 0.534. The molecule has 3 heteroatoms. The molecule has 2 aliphatic rings. The molecule has 3 nitrogen and oxygen atoms in total. The first-order valence-corrected chi connectivity index (χ1v) is 4.34. The molecular weight excluding hydrogens is 138 g/mol. The van der Waals surface area contributed by atoms with Crippen LogP contribution in [0.2, 0.25) is 0 Å². The van der Waals surface area contributed by atoms with E-state index in [2.05, 4.69) is 29.0 Å². The highest BCUT2D eigenvalue weighted by atomic mass is 15.7. The van der Waals surface area contributed by atoms with E-state index in [4.69, 9.17) is 0 Å². The number of hydrazine groups is 2. The number of hydrogen-bond donors (Lipinski definition) is 2. The molecule has 0 amide bonds. The van der Waals surface area contributed by atoms with Crippen molar-refractivity contribution in [3.8, 4) is 0 Å². The summed E-state index contributed by atoms with van der Waals surface area (Å²) < 4.78 is 0. The fraction of sp³-hybridized carbons (Fsp3) is 0.750. The van der Waals surface area contributed by atoms with Crippen LogP contribution in [0.5, 0.6) is 0 Å². The first kappa shape index (κ1) is 7.13. The van der Waals surface area contributed by atoms with Crippen LogP contribution in [0, 0.1) is 5.92 Å². The van der Waals surface area contributed by atoms with Gasteiger partial charge in [-0.05, 0) is 24.8 Å². The van der Waals surface area contributed by atoms with Crippen molar-refractivity contribution in [2.75, 3.05) is 13.1 Å². The molecule has 2 N–H and O–H groups in total. The van der Waals surface area contributed by atoms with Gasteiger partial charge in [-0.3, -0.25) is 5.01 Å². The first-order valence-electron chi connectivity index (χ1n) is 4.34. The van der Waals surface area contributed by atoms with Crippen LogP contribution in [-0.2, 0) is 0 Å². The normalized spacial score (nSPS) is 31.2. The van der Waals surface area contributed by atoms with Crippen LogP contribution in [-0.4, -0.2) is 18.1 Å². The molecule has 2 aliphatic heterocycles. The van der Waals surface area contributed by atoms with E-state index in [-0.39, 0.29) is 0 Å². The molecule has 1 fully saturated rings. The largest absolute Gasteiger partial charge is 0.299 e. The van der Waals surface area contributed by atoms with Crippen LogP contribution in [0.3, 0.4) is 0 Å². The molecule has 1 atom stereocenters. The fourth-order valence-electron chi connectivity index (χ4n) is 1.83. The fourth-order valence-corrected chi connectivity index (χ4v) is 1.83. The third-order valence-electron chi connectivity index (χ3n) is 2.46. The molecule has 0 saturated carbocycles. The minimum absolute atomic E-state index is 0.735. The predicted octanol–water partition coefficient (Wildman–Crippen LogP) is 0.625. The Labute approximate surface area is 67.4 Å². The number of rotatable bonds is 0. The molecule has 2 rings (SSSR count). The second-order valence-corrected chi connectivity index (χ2v) is 3.32. The molecule has 1 unspecified atom stereocenters. The van der Waals surface area contributed by atoms with E-state index >= 15 is 0 Å². The van der Waals surface area contributed by atoms with E-state index < -0.39 is 0 Å². The van der Waals surface area contributed by atoms with Crippen LogP contribution in [0.25, 0.3) is 0 Å². The van der Waals surface area contributed by atoms with Gasteiger partial charge in [-0.25, -0.2) is 5.43 Å². The Bertz CT molecular complexity index is 176. The second kappa shape index (κ2) is 2.83. The Morgan fingerprint density at radius 2 is 2.55 bits per heavy atom. The third kappa shape index (κ3) is 1.26. The molecule has 0 aliphatic carbocycles. The summed E-state index contributed by atoms with van der Waals surface area (Å²) >= 11 is 0. The van der Waals surface area contributed by atoms with E-state index in [1.807, 2.05) is 0 Å². The van der Waals surface area contributed by atoms with Gasteiger partial charge in [-0.2, -0.15) is 5.53 Å². The van der Waals surface area contributed by atoms with Crippen LogP contribution in [0.1, 0.15) is 19.8 Å². The highest BCUT2D eigenvalue weighted by Crippen LogP contribution is 2.25. The maximum absolute atomic E-state index is 3.17. The lowest BCUT2D eigenvalue weighted by Gasteiger charge is -2.38. The van der Waals surface area contributed by atoms with E-state index in [1.54, 1.807) is 0 Å². The summed E-state index contributed by atoms with van der Waals surface area (Å²) in [4.78, 5) is 0. The van der Waals surface area contributed by atoms with Gasteiger partial charge >= 0.3 is 0 Å². The van der Waals surface area contributed by atoms with Gasteiger partial charge in [0.05, 0.1) is 0 Å². The zero-order chi connectivity index (χ0) is 7.68. The Morgan fingerprint density at radius 3 is 3.36 bits per heavy atom. The first-order chi connectivity index (χ1) is 5.38. The van der Waals surface area contributed by atoms with Crippen molar-refractivity contribution >= 4 is 0 Å². The minimum atomic E-state index is 0.735. The number of hydrogen-bond acceptors (Lipinski definition) is 3. The number of piperidine rings is 1. The average Bonchev–Trinajstić information content (AvgIpc) is 2.06. The summed E-state index contributed by atoms with van der Waals surface area (Å²) in [5.41, 5.74) is 7.74. The number of fused-ring (bicyclic) bond motifs is 1. The second-order valence-electron chi connectivity index (χ2n) is 3.32. The van der Waals surface area contributed by atoms with E-state index in [0.717, 1.165) is 19.0 Å². The summed E-state index contributed by atoms with van der Waals surface area (Å²) in [6, 6.07) is 0. The molecule has 0 aromatic rings.